The lowest BCUT2D eigenvalue weighted by atomic mass is 9.82. The van der Waals surface area contributed by atoms with Crippen LogP contribution in [0.4, 0.5) is 0 Å². The van der Waals surface area contributed by atoms with E-state index in [0.29, 0.717) is 5.56 Å². The zero-order valence-electron chi connectivity index (χ0n) is 12.1. The molecular weight excluding hydrogens is 304 g/mol. The van der Waals surface area contributed by atoms with Gasteiger partial charge in [-0.15, -0.1) is 0 Å². The molecule has 0 aromatic heterocycles. The molecule has 4 atom stereocenters. The van der Waals surface area contributed by atoms with Crippen molar-refractivity contribution in [1.29, 1.82) is 0 Å². The summed E-state index contributed by atoms with van der Waals surface area (Å²) in [5.41, 5.74) is -1.02. The van der Waals surface area contributed by atoms with Gasteiger partial charge in [-0.3, -0.25) is 0 Å². The number of benzene rings is 1. The Bertz CT molecular complexity index is 651. The lowest BCUT2D eigenvalue weighted by molar-refractivity contribution is -0.162. The molecule has 0 radical (unpaired) electrons. The van der Waals surface area contributed by atoms with Gasteiger partial charge in [-0.25, -0.2) is 9.59 Å². The van der Waals surface area contributed by atoms with Gasteiger partial charge in [0.1, 0.15) is 24.1 Å². The number of aliphatic hydroxyl groups excluding tert-OH is 1. The molecule has 1 aliphatic carbocycles. The second-order valence-corrected chi connectivity index (χ2v) is 5.77. The molecule has 122 valence electrons. The van der Waals surface area contributed by atoms with Crippen molar-refractivity contribution in [3.63, 3.8) is 0 Å². The van der Waals surface area contributed by atoms with Gasteiger partial charge < -0.3 is 24.8 Å². The zero-order valence-corrected chi connectivity index (χ0v) is 12.1. The highest BCUT2D eigenvalue weighted by atomic mass is 16.6. The van der Waals surface area contributed by atoms with E-state index in [1.165, 1.54) is 24.3 Å². The van der Waals surface area contributed by atoms with Crippen LogP contribution >= 0.6 is 0 Å². The van der Waals surface area contributed by atoms with Crippen LogP contribution in [-0.2, 0) is 19.1 Å². The summed E-state index contributed by atoms with van der Waals surface area (Å²) in [5.74, 6) is -1.39. The molecule has 2 fully saturated rings. The number of hydrogen-bond donors (Lipinski definition) is 3. The average molecular weight is 320 g/mol. The Kier molecular flexibility index (Phi) is 3.83. The molecule has 2 bridgehead atoms. The van der Waals surface area contributed by atoms with Crippen molar-refractivity contribution in [2.24, 2.45) is 0 Å². The summed E-state index contributed by atoms with van der Waals surface area (Å²) in [6.07, 6.45) is -0.563. The fourth-order valence-corrected chi connectivity index (χ4v) is 2.80. The van der Waals surface area contributed by atoms with Crippen LogP contribution in [0.5, 0.6) is 5.75 Å². The Hall–Kier alpha value is -2.38. The van der Waals surface area contributed by atoms with E-state index in [-0.39, 0.29) is 18.6 Å². The van der Waals surface area contributed by atoms with E-state index in [4.69, 9.17) is 9.47 Å². The number of ether oxygens (including phenoxy) is 2. The van der Waals surface area contributed by atoms with Gasteiger partial charge in [0.2, 0.25) is 0 Å². The number of carbonyl (C=O) groups is 2. The Morgan fingerprint density at radius 3 is 2.70 bits per heavy atom. The van der Waals surface area contributed by atoms with Crippen molar-refractivity contribution in [3.05, 3.63) is 35.9 Å². The van der Waals surface area contributed by atoms with E-state index >= 15 is 0 Å². The van der Waals surface area contributed by atoms with Crippen LogP contribution in [0.1, 0.15) is 18.4 Å². The summed E-state index contributed by atoms with van der Waals surface area (Å²) in [4.78, 5) is 23.4. The van der Waals surface area contributed by atoms with Gasteiger partial charge in [0.05, 0.1) is 0 Å². The maximum absolute atomic E-state index is 11.8. The predicted molar refractivity (Wildman–Crippen MR) is 77.1 cm³/mol. The molecule has 3 N–H and O–H groups in total. The number of phenols is 1. The van der Waals surface area contributed by atoms with Crippen molar-refractivity contribution in [2.75, 3.05) is 0 Å². The van der Waals surface area contributed by atoms with Crippen molar-refractivity contribution in [2.45, 2.75) is 36.8 Å². The molecule has 0 amide bonds. The summed E-state index contributed by atoms with van der Waals surface area (Å²) in [6.45, 7) is 0. The summed E-state index contributed by atoms with van der Waals surface area (Å²) in [6, 6.07) is 6.19. The first kappa shape index (κ1) is 15.5. The van der Waals surface area contributed by atoms with E-state index in [1.54, 1.807) is 12.1 Å². The Balaban J connectivity index is 1.64. The van der Waals surface area contributed by atoms with Crippen LogP contribution in [0.15, 0.2) is 30.3 Å². The molecule has 3 rings (SSSR count). The number of aliphatic hydroxyl groups is 2. The van der Waals surface area contributed by atoms with E-state index in [1.807, 2.05) is 0 Å². The SMILES string of the molecule is O=C(/C=C/c1ccc(O)cc1)OC1C[C@]2(O)CC(OC2=O)[C@@H]1O. The molecule has 2 aliphatic rings. The van der Waals surface area contributed by atoms with E-state index in [2.05, 4.69) is 0 Å². The fourth-order valence-electron chi connectivity index (χ4n) is 2.80. The molecular formula is C16H16O7. The van der Waals surface area contributed by atoms with Crippen LogP contribution in [0.2, 0.25) is 0 Å². The fraction of sp³-hybridized carbons (Fsp3) is 0.375. The molecule has 1 saturated carbocycles. The number of fused-ring (bicyclic) bond motifs is 2. The van der Waals surface area contributed by atoms with Crippen molar-refractivity contribution < 1.29 is 34.4 Å². The topological polar surface area (TPSA) is 113 Å². The van der Waals surface area contributed by atoms with Gasteiger partial charge in [-0.1, -0.05) is 12.1 Å². The first-order valence-corrected chi connectivity index (χ1v) is 7.17. The second-order valence-electron chi connectivity index (χ2n) is 5.77. The summed E-state index contributed by atoms with van der Waals surface area (Å²) < 4.78 is 10.0. The number of esters is 2. The summed E-state index contributed by atoms with van der Waals surface area (Å²) >= 11 is 0. The third kappa shape index (κ3) is 3.06. The molecule has 1 aromatic carbocycles. The molecule has 1 aliphatic heterocycles. The Labute approximate surface area is 131 Å². The Morgan fingerprint density at radius 2 is 2.00 bits per heavy atom. The highest BCUT2D eigenvalue weighted by Gasteiger charge is 2.58. The number of carbonyl (C=O) groups excluding carboxylic acids is 2. The minimum Gasteiger partial charge on any atom is -0.508 e. The largest absolute Gasteiger partial charge is 0.508 e. The molecule has 1 saturated heterocycles. The first-order valence-electron chi connectivity index (χ1n) is 7.17. The number of aromatic hydroxyl groups is 1. The van der Waals surface area contributed by atoms with Crippen LogP contribution in [0.3, 0.4) is 0 Å². The lowest BCUT2D eigenvalue weighted by Crippen LogP contribution is -2.50. The van der Waals surface area contributed by atoms with E-state index in [9.17, 15) is 24.9 Å². The molecule has 7 nitrogen and oxygen atoms in total. The van der Waals surface area contributed by atoms with Crippen LogP contribution < -0.4 is 0 Å². The lowest BCUT2D eigenvalue weighted by Gasteiger charge is -2.32. The molecule has 2 unspecified atom stereocenters. The summed E-state index contributed by atoms with van der Waals surface area (Å²) in [7, 11) is 0. The van der Waals surface area contributed by atoms with E-state index in [0.717, 1.165) is 0 Å². The van der Waals surface area contributed by atoms with Gasteiger partial charge in [-0.05, 0) is 23.8 Å². The monoisotopic (exact) mass is 320 g/mol. The maximum Gasteiger partial charge on any atom is 0.338 e. The van der Waals surface area contributed by atoms with Crippen molar-refractivity contribution in [3.8, 4) is 5.75 Å². The minimum atomic E-state index is -1.70. The molecule has 1 heterocycles. The first-order chi connectivity index (χ1) is 10.9. The maximum atomic E-state index is 11.8. The predicted octanol–water partition coefficient (Wildman–Crippen LogP) is 0.128. The minimum absolute atomic E-state index is 0.00436. The highest BCUT2D eigenvalue weighted by molar-refractivity contribution is 5.87. The van der Waals surface area contributed by atoms with Crippen LogP contribution in [0.25, 0.3) is 6.08 Å². The highest BCUT2D eigenvalue weighted by Crippen LogP contribution is 2.39. The molecule has 0 spiro atoms. The van der Waals surface area contributed by atoms with Crippen molar-refractivity contribution in [1.82, 2.24) is 0 Å². The average Bonchev–Trinajstić information content (AvgIpc) is 2.76. The number of hydrogen-bond acceptors (Lipinski definition) is 7. The third-order valence-electron chi connectivity index (χ3n) is 4.05. The number of rotatable bonds is 3. The van der Waals surface area contributed by atoms with Crippen molar-refractivity contribution >= 4 is 18.0 Å². The quantitative estimate of drug-likeness (QED) is 0.536. The molecule has 7 heteroatoms. The standard InChI is InChI=1S/C16H16O7/c17-10-4-1-9(2-5-10)3-6-13(18)22-11-7-16(21)8-12(14(11)19)23-15(16)20/h1-6,11-12,14,17,19,21H,7-8H2/b6-3+/t11?,12?,14-,16+/m1/s1. The van der Waals surface area contributed by atoms with Gasteiger partial charge in [0.15, 0.2) is 5.60 Å². The zero-order chi connectivity index (χ0) is 16.6. The smallest absolute Gasteiger partial charge is 0.338 e. The third-order valence-corrected chi connectivity index (χ3v) is 4.05. The van der Waals surface area contributed by atoms with Crippen LogP contribution in [0, 0.1) is 0 Å². The Morgan fingerprint density at radius 1 is 1.30 bits per heavy atom. The van der Waals surface area contributed by atoms with Gasteiger partial charge in [0, 0.05) is 18.9 Å². The normalized spacial score (nSPS) is 32.8. The summed E-state index contributed by atoms with van der Waals surface area (Å²) in [5, 5.41) is 29.3. The van der Waals surface area contributed by atoms with Gasteiger partial charge >= 0.3 is 11.9 Å². The van der Waals surface area contributed by atoms with Crippen LogP contribution in [-0.4, -0.2) is 51.2 Å². The molecule has 1 aromatic rings. The second kappa shape index (κ2) is 5.68. The molecule has 23 heavy (non-hydrogen) atoms. The van der Waals surface area contributed by atoms with Gasteiger partial charge in [0.25, 0.3) is 0 Å². The van der Waals surface area contributed by atoms with Gasteiger partial charge in [-0.2, -0.15) is 0 Å². The number of phenolic OH excluding ortho intramolecular Hbond substituents is 1. The van der Waals surface area contributed by atoms with E-state index < -0.39 is 35.9 Å².